The number of allylic oxidation sites excluding steroid dienone is 3. The molecule has 2 saturated carbocycles. The predicted octanol–water partition coefficient (Wildman–Crippen LogP) is 7.63. The minimum absolute atomic E-state index is 0.00244. The van der Waals surface area contributed by atoms with E-state index in [1.54, 1.807) is 7.11 Å². The third kappa shape index (κ3) is 4.20. The number of hydrogen-bond donors (Lipinski definition) is 0. The van der Waals surface area contributed by atoms with Crippen molar-refractivity contribution < 1.29 is 19.1 Å². The molecule has 37 heavy (non-hydrogen) atoms. The Kier molecular flexibility index (Phi) is 6.70. The topological polar surface area (TPSA) is 52.6 Å². The van der Waals surface area contributed by atoms with Crippen LogP contribution in [0.15, 0.2) is 53.0 Å². The van der Waals surface area contributed by atoms with Crippen LogP contribution >= 0.6 is 11.8 Å². The van der Waals surface area contributed by atoms with Crippen molar-refractivity contribution >= 4 is 22.8 Å². The highest BCUT2D eigenvalue weighted by Gasteiger charge is 2.68. The van der Waals surface area contributed by atoms with Crippen molar-refractivity contribution in [2.24, 2.45) is 39.4 Å². The first-order valence-electron chi connectivity index (χ1n) is 13.8. The number of hydrogen-bond acceptors (Lipinski definition) is 5. The van der Waals surface area contributed by atoms with Crippen molar-refractivity contribution in [1.29, 1.82) is 0 Å². The first-order chi connectivity index (χ1) is 17.4. The fourth-order valence-corrected chi connectivity index (χ4v) is 9.78. The zero-order valence-electron chi connectivity index (χ0n) is 23.3. The molecule has 5 heteroatoms. The number of methoxy groups -OCH3 is 1. The molecule has 1 aliphatic heterocycles. The molecule has 0 bridgehead atoms. The number of benzene rings is 1. The second kappa shape index (κ2) is 9.32. The highest BCUT2D eigenvalue weighted by atomic mass is 32.2. The Morgan fingerprint density at radius 1 is 1.08 bits per heavy atom. The zero-order chi connectivity index (χ0) is 26.6. The van der Waals surface area contributed by atoms with Gasteiger partial charge in [0, 0.05) is 10.3 Å². The molecule has 1 aromatic carbocycles. The van der Waals surface area contributed by atoms with E-state index in [2.05, 4.69) is 45.9 Å². The first kappa shape index (κ1) is 26.6. The summed E-state index contributed by atoms with van der Waals surface area (Å²) in [4.78, 5) is 26.9. The van der Waals surface area contributed by atoms with Gasteiger partial charge in [-0.1, -0.05) is 45.9 Å². The number of carbonyl (C=O) groups is 2. The lowest BCUT2D eigenvalue weighted by atomic mass is 9.36. The van der Waals surface area contributed by atoms with Crippen LogP contribution in [0.5, 0.6) is 5.75 Å². The van der Waals surface area contributed by atoms with Crippen LogP contribution in [-0.4, -0.2) is 24.8 Å². The average molecular weight is 523 g/mol. The van der Waals surface area contributed by atoms with Crippen LogP contribution in [0.25, 0.3) is 0 Å². The maximum atomic E-state index is 13.2. The number of ether oxygens (including phenoxy) is 2. The van der Waals surface area contributed by atoms with Gasteiger partial charge in [0.15, 0.2) is 0 Å². The second-order valence-corrected chi connectivity index (χ2v) is 14.1. The van der Waals surface area contributed by atoms with Gasteiger partial charge >= 0.3 is 5.97 Å². The molecule has 6 atom stereocenters. The number of carbonyl (C=O) groups excluding carboxylic acids is 2. The molecule has 1 spiro atoms. The molecule has 4 nitrogen and oxygen atoms in total. The molecule has 0 amide bonds. The van der Waals surface area contributed by atoms with Gasteiger partial charge < -0.3 is 9.47 Å². The fourth-order valence-electron chi connectivity index (χ4n) is 9.07. The molecule has 0 N–H and O–H groups in total. The van der Waals surface area contributed by atoms with Gasteiger partial charge in [0.2, 0.25) is 5.12 Å². The first-order valence-corrected chi connectivity index (χ1v) is 14.6. The smallest absolute Gasteiger partial charge is 0.306 e. The summed E-state index contributed by atoms with van der Waals surface area (Å²) in [5, 5.41) is 0.0627. The quantitative estimate of drug-likeness (QED) is 0.176. The van der Waals surface area contributed by atoms with E-state index >= 15 is 0 Å². The van der Waals surface area contributed by atoms with Crippen molar-refractivity contribution in [2.45, 2.75) is 78.0 Å². The lowest BCUT2D eigenvalue weighted by molar-refractivity contribution is -0.188. The van der Waals surface area contributed by atoms with Crippen molar-refractivity contribution in [2.75, 3.05) is 13.7 Å². The Morgan fingerprint density at radius 3 is 2.46 bits per heavy atom. The Morgan fingerprint density at radius 2 is 1.81 bits per heavy atom. The molecule has 200 valence electrons. The van der Waals surface area contributed by atoms with E-state index in [4.69, 9.17) is 9.47 Å². The van der Waals surface area contributed by atoms with Crippen molar-refractivity contribution in [3.05, 3.63) is 48.1 Å². The van der Waals surface area contributed by atoms with E-state index in [1.807, 2.05) is 31.2 Å². The number of thioether (sulfide) groups is 1. The Bertz CT molecular complexity index is 1130. The van der Waals surface area contributed by atoms with E-state index in [-0.39, 0.29) is 38.7 Å². The maximum Gasteiger partial charge on any atom is 0.306 e. The van der Waals surface area contributed by atoms with Crippen LogP contribution < -0.4 is 4.74 Å². The van der Waals surface area contributed by atoms with Gasteiger partial charge in [0.1, 0.15) is 5.75 Å². The molecule has 1 unspecified atom stereocenters. The third-order valence-corrected chi connectivity index (χ3v) is 11.9. The second-order valence-electron chi connectivity index (χ2n) is 13.1. The molecule has 1 saturated heterocycles. The van der Waals surface area contributed by atoms with E-state index < -0.39 is 0 Å². The summed E-state index contributed by atoms with van der Waals surface area (Å²) in [5.74, 6) is 2.05. The standard InChI is InChI=1S/C32H42O4S/c1-21(28(34)37-24-11-9-23(35-6)10-12-24)18-22-8-13-26-30(4)16-7-15-29(2,3)25(30)14-17-31(26,5)32(22)19-27(33)36-20-32/h7,9-12,15,18,22,25-26H,8,13-14,16-17,19-20H2,1-6H3/b21-18+/t22-,25?,26-,30+,31-,32+/m1/s1. The van der Waals surface area contributed by atoms with Crippen LogP contribution in [0.4, 0.5) is 0 Å². The molecule has 1 aromatic rings. The minimum atomic E-state index is -0.251. The molecule has 0 aromatic heterocycles. The minimum Gasteiger partial charge on any atom is -0.497 e. The van der Waals surface area contributed by atoms with Crippen molar-refractivity contribution in [1.82, 2.24) is 0 Å². The van der Waals surface area contributed by atoms with Crippen LogP contribution in [0.3, 0.4) is 0 Å². The summed E-state index contributed by atoms with van der Waals surface area (Å²) in [5.41, 5.74) is 0.930. The summed E-state index contributed by atoms with van der Waals surface area (Å²) in [6.07, 6.45) is 13.1. The highest BCUT2D eigenvalue weighted by Crippen LogP contribution is 2.73. The van der Waals surface area contributed by atoms with Gasteiger partial charge in [-0.05, 0) is 115 Å². The Balaban J connectivity index is 1.45. The van der Waals surface area contributed by atoms with Crippen molar-refractivity contribution in [3.8, 4) is 5.75 Å². The van der Waals surface area contributed by atoms with Crippen LogP contribution in [0.2, 0.25) is 0 Å². The highest BCUT2D eigenvalue weighted by molar-refractivity contribution is 8.14. The van der Waals surface area contributed by atoms with Gasteiger partial charge in [-0.25, -0.2) is 0 Å². The third-order valence-electron chi connectivity index (χ3n) is 10.9. The number of fused-ring (bicyclic) bond motifs is 4. The van der Waals surface area contributed by atoms with E-state index in [9.17, 15) is 9.59 Å². The van der Waals surface area contributed by atoms with Crippen LogP contribution in [0, 0.1) is 39.4 Å². The van der Waals surface area contributed by atoms with Crippen LogP contribution in [-0.2, 0) is 14.3 Å². The van der Waals surface area contributed by atoms with E-state index in [0.717, 1.165) is 41.9 Å². The Labute approximate surface area is 226 Å². The summed E-state index contributed by atoms with van der Waals surface area (Å²) >= 11 is 1.26. The molecule has 0 radical (unpaired) electrons. The monoisotopic (exact) mass is 522 g/mol. The number of esters is 1. The normalized spacial score (nSPS) is 38.6. The van der Waals surface area contributed by atoms with Gasteiger partial charge in [0.05, 0.1) is 20.1 Å². The number of rotatable bonds is 4. The fraction of sp³-hybridized carbons (Fsp3) is 0.625. The number of cyclic esters (lactones) is 1. The average Bonchev–Trinajstić information content (AvgIpc) is 3.24. The molecule has 5 rings (SSSR count). The summed E-state index contributed by atoms with van der Waals surface area (Å²) in [6.45, 7) is 12.2. The molecule has 4 aliphatic rings. The van der Waals surface area contributed by atoms with E-state index in [1.165, 1.54) is 18.2 Å². The SMILES string of the molecule is COc1ccc(SC(=O)/C(C)=C/[C@H]2CC[C@@H]3[C@@]4(C)CC=CC(C)(C)C4CC[C@@]3(C)[C@@]23COC(=O)C3)cc1. The molecule has 3 aliphatic carbocycles. The Hall–Kier alpha value is -2.01. The zero-order valence-corrected chi connectivity index (χ0v) is 24.1. The van der Waals surface area contributed by atoms with E-state index in [0.29, 0.717) is 24.9 Å². The van der Waals surface area contributed by atoms with Crippen molar-refractivity contribution in [3.63, 3.8) is 0 Å². The maximum absolute atomic E-state index is 13.2. The van der Waals surface area contributed by atoms with Gasteiger partial charge in [-0.15, -0.1) is 0 Å². The summed E-state index contributed by atoms with van der Waals surface area (Å²) in [7, 11) is 1.64. The molecular weight excluding hydrogens is 480 g/mol. The molecule has 3 fully saturated rings. The molecule has 1 heterocycles. The largest absolute Gasteiger partial charge is 0.497 e. The lowest BCUT2D eigenvalue weighted by Gasteiger charge is -2.68. The van der Waals surface area contributed by atoms with Crippen LogP contribution in [0.1, 0.15) is 73.1 Å². The van der Waals surface area contributed by atoms with Gasteiger partial charge in [0.25, 0.3) is 0 Å². The van der Waals surface area contributed by atoms with Gasteiger partial charge in [-0.2, -0.15) is 0 Å². The predicted molar refractivity (Wildman–Crippen MR) is 148 cm³/mol. The van der Waals surface area contributed by atoms with Gasteiger partial charge in [-0.3, -0.25) is 9.59 Å². The molecular formula is C32H42O4S. The summed E-state index contributed by atoms with van der Waals surface area (Å²) < 4.78 is 11.0. The summed E-state index contributed by atoms with van der Waals surface area (Å²) in [6, 6.07) is 7.61. The lowest BCUT2D eigenvalue weighted by Crippen LogP contribution is -2.63.